The number of piperazine rings is 1. The van der Waals surface area contributed by atoms with E-state index in [9.17, 15) is 4.79 Å². The van der Waals surface area contributed by atoms with E-state index < -0.39 is 0 Å². The maximum Gasteiger partial charge on any atom is 0.159 e. The van der Waals surface area contributed by atoms with Crippen molar-refractivity contribution in [1.82, 2.24) is 9.97 Å². The first-order valence-electron chi connectivity index (χ1n) is 9.28. The summed E-state index contributed by atoms with van der Waals surface area (Å²) in [5.41, 5.74) is 8.96. The molecule has 8 heteroatoms. The lowest BCUT2D eigenvalue weighted by atomic mass is 9.78. The lowest BCUT2D eigenvalue weighted by molar-refractivity contribution is 0.101. The highest BCUT2D eigenvalue weighted by atomic mass is 35.5. The van der Waals surface area contributed by atoms with Gasteiger partial charge in [0.1, 0.15) is 12.1 Å². The molecule has 152 valence electrons. The van der Waals surface area contributed by atoms with Gasteiger partial charge in [0, 0.05) is 61.1 Å². The number of anilines is 2. The van der Waals surface area contributed by atoms with E-state index in [0.717, 1.165) is 56.1 Å². The first kappa shape index (κ1) is 22.4. The molecular weight excluding hydrogens is 397 g/mol. The molecule has 1 aliphatic carbocycles. The predicted octanol–water partition coefficient (Wildman–Crippen LogP) is 3.05. The zero-order valence-corrected chi connectivity index (χ0v) is 17.6. The molecule has 2 N–H and O–H groups in total. The van der Waals surface area contributed by atoms with Gasteiger partial charge in [0.15, 0.2) is 5.78 Å². The highest BCUT2D eigenvalue weighted by Crippen LogP contribution is 2.35. The molecule has 0 unspecified atom stereocenters. The summed E-state index contributed by atoms with van der Waals surface area (Å²) < 4.78 is 0. The third-order valence-corrected chi connectivity index (χ3v) is 5.51. The molecule has 1 saturated carbocycles. The minimum Gasteiger partial charge on any atom is -0.368 e. The lowest BCUT2D eigenvalue weighted by Gasteiger charge is -2.37. The molecule has 28 heavy (non-hydrogen) atoms. The van der Waals surface area contributed by atoms with Gasteiger partial charge in [-0.25, -0.2) is 9.97 Å². The van der Waals surface area contributed by atoms with E-state index in [0.29, 0.717) is 12.0 Å². The number of carbonyl (C=O) groups excluding carboxylic acids is 1. The third kappa shape index (κ3) is 4.74. The Morgan fingerprint density at radius 3 is 2.18 bits per heavy atom. The Labute approximate surface area is 178 Å². The first-order valence-corrected chi connectivity index (χ1v) is 9.28. The average Bonchev–Trinajstić information content (AvgIpc) is 2.66. The lowest BCUT2D eigenvalue weighted by Crippen LogP contribution is -2.47. The largest absolute Gasteiger partial charge is 0.368 e. The van der Waals surface area contributed by atoms with Crippen LogP contribution in [0, 0.1) is 0 Å². The van der Waals surface area contributed by atoms with Crippen LogP contribution in [0.5, 0.6) is 0 Å². The molecule has 0 radical (unpaired) electrons. The predicted molar refractivity (Wildman–Crippen MR) is 117 cm³/mol. The number of aromatic nitrogens is 2. The van der Waals surface area contributed by atoms with E-state index in [2.05, 4.69) is 25.8 Å². The highest BCUT2D eigenvalue weighted by molar-refractivity contribution is 5.94. The van der Waals surface area contributed by atoms with Crippen molar-refractivity contribution in [3.63, 3.8) is 0 Å². The molecule has 2 heterocycles. The van der Waals surface area contributed by atoms with Crippen molar-refractivity contribution >= 4 is 42.1 Å². The van der Waals surface area contributed by atoms with Gasteiger partial charge in [-0.2, -0.15) is 0 Å². The maximum absolute atomic E-state index is 11.4. The van der Waals surface area contributed by atoms with Crippen LogP contribution in [-0.4, -0.2) is 48.0 Å². The van der Waals surface area contributed by atoms with Crippen molar-refractivity contribution in [2.75, 3.05) is 36.0 Å². The summed E-state index contributed by atoms with van der Waals surface area (Å²) in [4.78, 5) is 25.0. The number of hydrogen-bond donors (Lipinski definition) is 1. The SMILES string of the molecule is CC(=O)c1ccc(N2CCN(c3cc(C4CC(N)C4)ncn3)CC2)cc1.Cl.Cl. The molecular formula is C20H27Cl2N5O. The molecule has 1 aromatic carbocycles. The van der Waals surface area contributed by atoms with E-state index in [1.165, 1.54) is 5.69 Å². The summed E-state index contributed by atoms with van der Waals surface area (Å²) in [5.74, 6) is 1.61. The van der Waals surface area contributed by atoms with Crippen LogP contribution in [0.15, 0.2) is 36.7 Å². The smallest absolute Gasteiger partial charge is 0.159 e. The fourth-order valence-electron chi connectivity index (χ4n) is 3.76. The minimum absolute atomic E-state index is 0. The Morgan fingerprint density at radius 2 is 1.61 bits per heavy atom. The molecule has 0 atom stereocenters. The van der Waals surface area contributed by atoms with Gasteiger partial charge in [-0.3, -0.25) is 4.79 Å². The molecule has 2 fully saturated rings. The van der Waals surface area contributed by atoms with Crippen LogP contribution in [0.1, 0.15) is 41.7 Å². The van der Waals surface area contributed by atoms with E-state index in [4.69, 9.17) is 5.73 Å². The number of Topliss-reactive ketones (excluding diaryl/α,β-unsaturated/α-hetero) is 1. The third-order valence-electron chi connectivity index (χ3n) is 5.51. The Kier molecular flexibility index (Phi) is 7.63. The van der Waals surface area contributed by atoms with Crippen molar-refractivity contribution in [3.05, 3.63) is 47.9 Å². The molecule has 2 aliphatic rings. The van der Waals surface area contributed by atoms with Gasteiger partial charge in [0.2, 0.25) is 0 Å². The molecule has 0 bridgehead atoms. The Balaban J connectivity index is 0.00000140. The molecule has 6 nitrogen and oxygen atoms in total. The fourth-order valence-corrected chi connectivity index (χ4v) is 3.76. The zero-order valence-electron chi connectivity index (χ0n) is 16.0. The molecule has 0 amide bonds. The summed E-state index contributed by atoms with van der Waals surface area (Å²) in [5, 5.41) is 0. The standard InChI is InChI=1S/C20H25N5O.2ClH/c1-14(26)15-2-4-18(5-3-15)24-6-8-25(9-7-24)20-12-19(22-13-23-20)16-10-17(21)11-16;;/h2-5,12-13,16-17H,6-11,21H2,1H3;2*1H. The van der Waals surface area contributed by atoms with Crippen LogP contribution in [-0.2, 0) is 0 Å². The Hall–Kier alpha value is -1.89. The molecule has 1 aromatic heterocycles. The number of ketones is 1. The minimum atomic E-state index is 0. The first-order chi connectivity index (χ1) is 12.6. The second-order valence-electron chi connectivity index (χ2n) is 7.31. The van der Waals surface area contributed by atoms with Crippen molar-refractivity contribution in [2.45, 2.75) is 31.7 Å². The number of carbonyl (C=O) groups is 1. The van der Waals surface area contributed by atoms with E-state index in [-0.39, 0.29) is 30.6 Å². The summed E-state index contributed by atoms with van der Waals surface area (Å²) in [6.45, 7) is 5.32. The second kappa shape index (κ2) is 9.54. The van der Waals surface area contributed by atoms with Gasteiger partial charge in [-0.1, -0.05) is 0 Å². The quantitative estimate of drug-likeness (QED) is 0.761. The van der Waals surface area contributed by atoms with Gasteiger partial charge in [0.05, 0.1) is 0 Å². The summed E-state index contributed by atoms with van der Waals surface area (Å²) in [6, 6.07) is 10.3. The van der Waals surface area contributed by atoms with Crippen LogP contribution in [0.3, 0.4) is 0 Å². The van der Waals surface area contributed by atoms with Gasteiger partial charge in [0.25, 0.3) is 0 Å². The zero-order chi connectivity index (χ0) is 18.1. The number of nitrogens with zero attached hydrogens (tertiary/aromatic N) is 4. The monoisotopic (exact) mass is 423 g/mol. The Bertz CT molecular complexity index is 787. The van der Waals surface area contributed by atoms with Crippen LogP contribution in [0.4, 0.5) is 11.5 Å². The fraction of sp³-hybridized carbons (Fsp3) is 0.450. The molecule has 1 aliphatic heterocycles. The number of rotatable bonds is 4. The van der Waals surface area contributed by atoms with E-state index >= 15 is 0 Å². The van der Waals surface area contributed by atoms with Crippen molar-refractivity contribution in [1.29, 1.82) is 0 Å². The van der Waals surface area contributed by atoms with E-state index in [1.54, 1.807) is 13.3 Å². The topological polar surface area (TPSA) is 75.4 Å². The molecule has 1 saturated heterocycles. The number of hydrogen-bond acceptors (Lipinski definition) is 6. The molecule has 0 spiro atoms. The second-order valence-corrected chi connectivity index (χ2v) is 7.31. The molecule has 4 rings (SSSR count). The van der Waals surface area contributed by atoms with Crippen LogP contribution in [0.2, 0.25) is 0 Å². The Morgan fingerprint density at radius 1 is 1.00 bits per heavy atom. The van der Waals surface area contributed by atoms with Gasteiger partial charge in [-0.05, 0) is 44.0 Å². The van der Waals surface area contributed by atoms with Gasteiger partial charge in [-0.15, -0.1) is 24.8 Å². The number of benzene rings is 1. The number of halogens is 2. The van der Waals surface area contributed by atoms with Crippen LogP contribution < -0.4 is 15.5 Å². The van der Waals surface area contributed by atoms with Crippen LogP contribution >= 0.6 is 24.8 Å². The van der Waals surface area contributed by atoms with Crippen molar-refractivity contribution < 1.29 is 4.79 Å². The summed E-state index contributed by atoms with van der Waals surface area (Å²) >= 11 is 0. The van der Waals surface area contributed by atoms with Crippen molar-refractivity contribution in [3.8, 4) is 0 Å². The highest BCUT2D eigenvalue weighted by Gasteiger charge is 2.29. The van der Waals surface area contributed by atoms with Crippen molar-refractivity contribution in [2.24, 2.45) is 5.73 Å². The van der Waals surface area contributed by atoms with Crippen LogP contribution in [0.25, 0.3) is 0 Å². The van der Waals surface area contributed by atoms with E-state index in [1.807, 2.05) is 24.3 Å². The molecule has 2 aromatic rings. The van der Waals surface area contributed by atoms with Gasteiger partial charge < -0.3 is 15.5 Å². The summed E-state index contributed by atoms with van der Waals surface area (Å²) in [6.07, 6.45) is 3.74. The summed E-state index contributed by atoms with van der Waals surface area (Å²) in [7, 11) is 0. The maximum atomic E-state index is 11.4. The normalized spacial score (nSPS) is 21.2. The number of nitrogens with two attached hydrogens (primary N) is 1. The average molecular weight is 424 g/mol. The van der Waals surface area contributed by atoms with Gasteiger partial charge >= 0.3 is 0 Å².